The number of amides is 1. The minimum atomic E-state index is -0.696. The highest BCUT2D eigenvalue weighted by molar-refractivity contribution is 5.92. The lowest BCUT2D eigenvalue weighted by Gasteiger charge is -2.40. The zero-order valence-corrected chi connectivity index (χ0v) is 12.5. The van der Waals surface area contributed by atoms with E-state index < -0.39 is 5.97 Å². The standard InChI is InChI=1S/C17H21NO4/c19-16(15-8-9-3-1-2-4-14(9)22-15)18-13-7-10-5-11(17(20)21)6-12(10)13/h8,10-13H,1-7H2,(H,18,19)(H,20,21)/t10-,11?,12-,13+/m1/s1. The van der Waals surface area contributed by atoms with Gasteiger partial charge in [0.15, 0.2) is 5.76 Å². The average molecular weight is 303 g/mol. The normalized spacial score (nSPS) is 32.7. The number of nitrogens with one attached hydrogen (secondary N) is 1. The largest absolute Gasteiger partial charge is 0.481 e. The highest BCUT2D eigenvalue weighted by Crippen LogP contribution is 2.49. The van der Waals surface area contributed by atoms with Crippen molar-refractivity contribution in [2.24, 2.45) is 17.8 Å². The molecule has 0 radical (unpaired) electrons. The molecule has 5 nitrogen and oxygen atoms in total. The number of hydrogen-bond acceptors (Lipinski definition) is 3. The number of aliphatic carboxylic acids is 1. The molecule has 2 N–H and O–H groups in total. The second kappa shape index (κ2) is 5.14. The molecule has 0 bridgehead atoms. The first-order valence-electron chi connectivity index (χ1n) is 8.27. The van der Waals surface area contributed by atoms with E-state index >= 15 is 0 Å². The molecule has 2 saturated carbocycles. The number of aryl methyl sites for hydroxylation is 2. The fourth-order valence-corrected chi connectivity index (χ4v) is 4.44. The minimum absolute atomic E-state index is 0.115. The van der Waals surface area contributed by atoms with Gasteiger partial charge in [0.2, 0.25) is 0 Å². The summed E-state index contributed by atoms with van der Waals surface area (Å²) in [5.74, 6) is 1.12. The van der Waals surface area contributed by atoms with Gasteiger partial charge in [0.1, 0.15) is 5.76 Å². The molecular formula is C17H21NO4. The SMILES string of the molecule is O=C(N[C@H]1C[C@H]2CC(C(=O)O)C[C@H]21)c1cc2c(o1)CCCC2. The average Bonchev–Trinajstić information content (AvgIpc) is 3.06. The Hall–Kier alpha value is -1.78. The minimum Gasteiger partial charge on any atom is -0.481 e. The third-order valence-corrected chi connectivity index (χ3v) is 5.71. The highest BCUT2D eigenvalue weighted by atomic mass is 16.4. The van der Waals surface area contributed by atoms with E-state index in [1.54, 1.807) is 0 Å². The van der Waals surface area contributed by atoms with Crippen LogP contribution in [0.4, 0.5) is 0 Å². The summed E-state index contributed by atoms with van der Waals surface area (Å²) >= 11 is 0. The second-order valence-electron chi connectivity index (χ2n) is 7.01. The van der Waals surface area contributed by atoms with Gasteiger partial charge in [0, 0.05) is 12.5 Å². The molecule has 0 aromatic carbocycles. The molecule has 5 heteroatoms. The van der Waals surface area contributed by atoms with Crippen molar-refractivity contribution in [3.8, 4) is 0 Å². The van der Waals surface area contributed by atoms with Crippen molar-refractivity contribution in [1.82, 2.24) is 5.32 Å². The topological polar surface area (TPSA) is 79.5 Å². The number of carboxylic acid groups (broad SMARTS) is 1. The maximum atomic E-state index is 12.3. The van der Waals surface area contributed by atoms with Crippen molar-refractivity contribution in [3.05, 3.63) is 23.2 Å². The van der Waals surface area contributed by atoms with Gasteiger partial charge >= 0.3 is 5.97 Å². The summed E-state index contributed by atoms with van der Waals surface area (Å²) in [6.45, 7) is 0. The maximum Gasteiger partial charge on any atom is 0.306 e. The van der Waals surface area contributed by atoms with Gasteiger partial charge in [-0.15, -0.1) is 0 Å². The summed E-state index contributed by atoms with van der Waals surface area (Å²) in [6, 6.07) is 2.00. The number of carbonyl (C=O) groups is 2. The molecule has 4 rings (SSSR count). The van der Waals surface area contributed by atoms with E-state index in [0.717, 1.165) is 44.3 Å². The van der Waals surface area contributed by atoms with Crippen LogP contribution < -0.4 is 5.32 Å². The number of carbonyl (C=O) groups excluding carboxylic acids is 1. The van der Waals surface area contributed by atoms with Gasteiger partial charge in [0.25, 0.3) is 5.91 Å². The maximum absolute atomic E-state index is 12.3. The predicted molar refractivity (Wildman–Crippen MR) is 78.6 cm³/mol. The van der Waals surface area contributed by atoms with Crippen LogP contribution >= 0.6 is 0 Å². The Balaban J connectivity index is 1.39. The van der Waals surface area contributed by atoms with Crippen molar-refractivity contribution in [2.75, 3.05) is 0 Å². The van der Waals surface area contributed by atoms with E-state index in [9.17, 15) is 9.59 Å². The molecule has 1 amide bonds. The summed E-state index contributed by atoms with van der Waals surface area (Å²) < 4.78 is 5.70. The number of carboxylic acids is 1. The fourth-order valence-electron chi connectivity index (χ4n) is 4.44. The van der Waals surface area contributed by atoms with Crippen LogP contribution in [0.3, 0.4) is 0 Å². The Morgan fingerprint density at radius 3 is 2.77 bits per heavy atom. The zero-order chi connectivity index (χ0) is 15.3. The van der Waals surface area contributed by atoms with Crippen LogP contribution in [0.1, 0.15) is 54.0 Å². The van der Waals surface area contributed by atoms with E-state index in [-0.39, 0.29) is 17.9 Å². The van der Waals surface area contributed by atoms with Crippen molar-refractivity contribution in [1.29, 1.82) is 0 Å². The lowest BCUT2D eigenvalue weighted by molar-refractivity contribution is -0.141. The summed E-state index contributed by atoms with van der Waals surface area (Å²) in [5, 5.41) is 12.2. The first-order valence-corrected chi connectivity index (χ1v) is 8.27. The van der Waals surface area contributed by atoms with Crippen molar-refractivity contribution in [2.45, 2.75) is 51.0 Å². The van der Waals surface area contributed by atoms with Crippen LogP contribution in [0, 0.1) is 17.8 Å². The molecule has 4 atom stereocenters. The van der Waals surface area contributed by atoms with E-state index in [1.807, 2.05) is 6.07 Å². The summed E-state index contributed by atoms with van der Waals surface area (Å²) in [5.41, 5.74) is 1.18. The van der Waals surface area contributed by atoms with Crippen LogP contribution in [0.25, 0.3) is 0 Å². The third kappa shape index (κ3) is 2.23. The second-order valence-corrected chi connectivity index (χ2v) is 7.01. The van der Waals surface area contributed by atoms with Gasteiger partial charge in [-0.2, -0.15) is 0 Å². The number of hydrogen-bond donors (Lipinski definition) is 2. The number of furan rings is 1. The molecule has 118 valence electrons. The molecule has 22 heavy (non-hydrogen) atoms. The van der Waals surface area contributed by atoms with E-state index in [4.69, 9.17) is 9.52 Å². The zero-order valence-electron chi connectivity index (χ0n) is 12.5. The Morgan fingerprint density at radius 2 is 2.00 bits per heavy atom. The van der Waals surface area contributed by atoms with Crippen molar-refractivity contribution >= 4 is 11.9 Å². The molecule has 0 saturated heterocycles. The Bertz CT molecular complexity index is 597. The third-order valence-electron chi connectivity index (χ3n) is 5.71. The van der Waals surface area contributed by atoms with Crippen LogP contribution in [-0.2, 0) is 17.6 Å². The van der Waals surface area contributed by atoms with Crippen LogP contribution in [0.2, 0.25) is 0 Å². The quantitative estimate of drug-likeness (QED) is 0.898. The van der Waals surface area contributed by atoms with Gasteiger partial charge < -0.3 is 14.8 Å². The van der Waals surface area contributed by atoms with E-state index in [2.05, 4.69) is 5.32 Å². The van der Waals surface area contributed by atoms with Gasteiger partial charge in [-0.3, -0.25) is 9.59 Å². The van der Waals surface area contributed by atoms with E-state index in [1.165, 1.54) is 5.56 Å². The molecule has 0 aliphatic heterocycles. The monoisotopic (exact) mass is 303 g/mol. The molecule has 1 heterocycles. The predicted octanol–water partition coefficient (Wildman–Crippen LogP) is 2.39. The van der Waals surface area contributed by atoms with Gasteiger partial charge in [-0.05, 0) is 62.0 Å². The van der Waals surface area contributed by atoms with Crippen LogP contribution in [0.5, 0.6) is 0 Å². The molecule has 3 aliphatic rings. The molecule has 1 aromatic heterocycles. The molecule has 1 unspecified atom stereocenters. The van der Waals surface area contributed by atoms with Crippen molar-refractivity contribution in [3.63, 3.8) is 0 Å². The fraction of sp³-hybridized carbons (Fsp3) is 0.647. The molecular weight excluding hydrogens is 282 g/mol. The first kappa shape index (κ1) is 13.9. The Kier molecular flexibility index (Phi) is 3.24. The number of fused-ring (bicyclic) bond motifs is 2. The highest BCUT2D eigenvalue weighted by Gasteiger charge is 2.50. The van der Waals surface area contributed by atoms with Crippen LogP contribution in [-0.4, -0.2) is 23.0 Å². The molecule has 3 aliphatic carbocycles. The molecule has 2 fully saturated rings. The number of rotatable bonds is 3. The van der Waals surface area contributed by atoms with E-state index in [0.29, 0.717) is 24.0 Å². The summed E-state index contributed by atoms with van der Waals surface area (Å²) in [4.78, 5) is 23.4. The summed E-state index contributed by atoms with van der Waals surface area (Å²) in [6.07, 6.45) is 6.58. The van der Waals surface area contributed by atoms with Gasteiger partial charge in [-0.25, -0.2) is 0 Å². The lowest BCUT2D eigenvalue weighted by Crippen LogP contribution is -2.50. The summed E-state index contributed by atoms with van der Waals surface area (Å²) in [7, 11) is 0. The first-order chi connectivity index (χ1) is 10.6. The molecule has 0 spiro atoms. The smallest absolute Gasteiger partial charge is 0.306 e. The Labute approximate surface area is 129 Å². The van der Waals surface area contributed by atoms with Crippen LogP contribution in [0.15, 0.2) is 10.5 Å². The van der Waals surface area contributed by atoms with Gasteiger partial charge in [-0.1, -0.05) is 0 Å². The molecule has 1 aromatic rings. The van der Waals surface area contributed by atoms with Gasteiger partial charge in [0.05, 0.1) is 5.92 Å². The Morgan fingerprint density at radius 1 is 1.18 bits per heavy atom. The van der Waals surface area contributed by atoms with Crippen molar-refractivity contribution < 1.29 is 19.1 Å². The lowest BCUT2D eigenvalue weighted by atomic mass is 9.71.